The number of nitrogens with zero attached hydrogens (tertiary/aromatic N) is 1. The lowest BCUT2D eigenvalue weighted by molar-refractivity contribution is 0.114. The molecule has 0 amide bonds. The summed E-state index contributed by atoms with van der Waals surface area (Å²) in [6.07, 6.45) is 3.81. The van der Waals surface area contributed by atoms with E-state index in [-0.39, 0.29) is 0 Å². The molecule has 0 aromatic heterocycles. The van der Waals surface area contributed by atoms with Crippen molar-refractivity contribution in [2.45, 2.75) is 65.1 Å². The third-order valence-corrected chi connectivity index (χ3v) is 4.05. The van der Waals surface area contributed by atoms with Crippen LogP contribution in [0.2, 0.25) is 0 Å². The molecule has 3 atom stereocenters. The zero-order chi connectivity index (χ0) is 11.4. The van der Waals surface area contributed by atoms with E-state index in [0.717, 1.165) is 18.0 Å². The van der Waals surface area contributed by atoms with Crippen molar-refractivity contribution < 1.29 is 0 Å². The van der Waals surface area contributed by atoms with Crippen LogP contribution in [0, 0.1) is 5.92 Å². The molecular weight excluding hydrogens is 184 g/mol. The summed E-state index contributed by atoms with van der Waals surface area (Å²) in [7, 11) is 2.24. The van der Waals surface area contributed by atoms with Crippen molar-refractivity contribution in [1.29, 1.82) is 0 Å². The van der Waals surface area contributed by atoms with Crippen LogP contribution in [-0.4, -0.2) is 36.6 Å². The average molecular weight is 212 g/mol. The summed E-state index contributed by atoms with van der Waals surface area (Å²) in [6.45, 7) is 10.5. The van der Waals surface area contributed by atoms with E-state index >= 15 is 0 Å². The van der Waals surface area contributed by atoms with Crippen molar-refractivity contribution in [3.63, 3.8) is 0 Å². The number of nitrogens with one attached hydrogen (secondary N) is 1. The topological polar surface area (TPSA) is 15.3 Å². The Kier molecular flexibility index (Phi) is 5.07. The normalized spacial score (nSPS) is 33.6. The Morgan fingerprint density at radius 3 is 2.40 bits per heavy atom. The zero-order valence-electron chi connectivity index (χ0n) is 11.1. The maximum absolute atomic E-state index is 3.83. The molecule has 1 aliphatic heterocycles. The minimum absolute atomic E-state index is 0.716. The summed E-state index contributed by atoms with van der Waals surface area (Å²) < 4.78 is 0. The van der Waals surface area contributed by atoms with E-state index in [2.05, 4.69) is 45.0 Å². The smallest absolute Gasteiger partial charge is 0.0122 e. The van der Waals surface area contributed by atoms with E-state index < -0.39 is 0 Å². The first-order chi connectivity index (χ1) is 7.08. The van der Waals surface area contributed by atoms with Crippen LogP contribution in [0.25, 0.3) is 0 Å². The Bertz CT molecular complexity index is 177. The van der Waals surface area contributed by atoms with Crippen molar-refractivity contribution in [1.82, 2.24) is 10.2 Å². The van der Waals surface area contributed by atoms with Gasteiger partial charge in [-0.05, 0) is 39.2 Å². The van der Waals surface area contributed by atoms with Crippen LogP contribution in [0.4, 0.5) is 0 Å². The monoisotopic (exact) mass is 212 g/mol. The van der Waals surface area contributed by atoms with Crippen LogP contribution >= 0.6 is 0 Å². The maximum Gasteiger partial charge on any atom is 0.0122 e. The van der Waals surface area contributed by atoms with E-state index in [4.69, 9.17) is 0 Å². The molecule has 1 aliphatic rings. The molecule has 1 N–H and O–H groups in total. The van der Waals surface area contributed by atoms with Gasteiger partial charge in [-0.2, -0.15) is 0 Å². The fourth-order valence-corrected chi connectivity index (χ4v) is 2.60. The average Bonchev–Trinajstić information content (AvgIpc) is 2.21. The molecule has 0 saturated carbocycles. The number of hydrogen-bond acceptors (Lipinski definition) is 2. The van der Waals surface area contributed by atoms with E-state index in [1.54, 1.807) is 0 Å². The van der Waals surface area contributed by atoms with Gasteiger partial charge in [-0.1, -0.05) is 20.8 Å². The molecule has 0 aromatic rings. The molecule has 1 saturated heterocycles. The Balaban J connectivity index is 2.47. The van der Waals surface area contributed by atoms with E-state index in [1.165, 1.54) is 25.8 Å². The molecule has 0 spiro atoms. The van der Waals surface area contributed by atoms with Gasteiger partial charge in [-0.15, -0.1) is 0 Å². The highest BCUT2D eigenvalue weighted by Crippen LogP contribution is 2.21. The summed E-state index contributed by atoms with van der Waals surface area (Å²) in [5.41, 5.74) is 0. The fourth-order valence-electron chi connectivity index (χ4n) is 2.60. The third-order valence-electron chi connectivity index (χ3n) is 4.05. The van der Waals surface area contributed by atoms with Crippen LogP contribution < -0.4 is 5.32 Å². The first kappa shape index (κ1) is 13.0. The first-order valence-electron chi connectivity index (χ1n) is 6.54. The molecular formula is C13H28N2. The Labute approximate surface area is 95.4 Å². The number of piperidine rings is 1. The SMILES string of the molecule is CCC(CC)NC1CC(C)N(C)CC1C. The van der Waals surface area contributed by atoms with E-state index in [9.17, 15) is 0 Å². The highest BCUT2D eigenvalue weighted by atomic mass is 15.2. The van der Waals surface area contributed by atoms with Crippen LogP contribution in [0.1, 0.15) is 47.0 Å². The van der Waals surface area contributed by atoms with Gasteiger partial charge in [0.15, 0.2) is 0 Å². The molecule has 0 aromatic carbocycles. The van der Waals surface area contributed by atoms with Gasteiger partial charge in [0.1, 0.15) is 0 Å². The number of hydrogen-bond donors (Lipinski definition) is 1. The zero-order valence-corrected chi connectivity index (χ0v) is 11.1. The Hall–Kier alpha value is -0.0800. The second-order valence-corrected chi connectivity index (χ2v) is 5.29. The lowest BCUT2D eigenvalue weighted by Gasteiger charge is -2.41. The standard InChI is InChI=1S/C13H28N2/c1-6-12(7-2)14-13-8-11(4)15(5)9-10(13)3/h10-14H,6-9H2,1-5H3. The lowest BCUT2D eigenvalue weighted by Crippen LogP contribution is -2.53. The predicted octanol–water partition coefficient (Wildman–Crippen LogP) is 2.49. The van der Waals surface area contributed by atoms with Gasteiger partial charge >= 0.3 is 0 Å². The van der Waals surface area contributed by atoms with Crippen LogP contribution in [0.3, 0.4) is 0 Å². The van der Waals surface area contributed by atoms with Gasteiger partial charge in [-0.3, -0.25) is 0 Å². The molecule has 2 heteroatoms. The molecule has 1 rings (SSSR count). The van der Waals surface area contributed by atoms with Crippen molar-refractivity contribution >= 4 is 0 Å². The van der Waals surface area contributed by atoms with Gasteiger partial charge in [0.25, 0.3) is 0 Å². The van der Waals surface area contributed by atoms with Crippen LogP contribution in [0.5, 0.6) is 0 Å². The summed E-state index contributed by atoms with van der Waals surface area (Å²) in [6, 6.07) is 2.17. The third kappa shape index (κ3) is 3.46. The quantitative estimate of drug-likeness (QED) is 0.770. The number of likely N-dealkylation sites (tertiary alicyclic amines) is 1. The van der Waals surface area contributed by atoms with E-state index in [0.29, 0.717) is 6.04 Å². The molecule has 0 bridgehead atoms. The van der Waals surface area contributed by atoms with Gasteiger partial charge in [0, 0.05) is 24.7 Å². The molecule has 90 valence electrons. The molecule has 15 heavy (non-hydrogen) atoms. The minimum atomic E-state index is 0.716. The largest absolute Gasteiger partial charge is 0.311 e. The number of rotatable bonds is 4. The van der Waals surface area contributed by atoms with Crippen molar-refractivity contribution in [2.24, 2.45) is 5.92 Å². The summed E-state index contributed by atoms with van der Waals surface area (Å²) in [5.74, 6) is 0.784. The van der Waals surface area contributed by atoms with Crippen molar-refractivity contribution in [3.8, 4) is 0 Å². The van der Waals surface area contributed by atoms with Crippen LogP contribution in [0.15, 0.2) is 0 Å². The predicted molar refractivity (Wildman–Crippen MR) is 67.2 cm³/mol. The highest BCUT2D eigenvalue weighted by Gasteiger charge is 2.29. The van der Waals surface area contributed by atoms with Gasteiger partial charge < -0.3 is 10.2 Å². The molecule has 1 heterocycles. The second-order valence-electron chi connectivity index (χ2n) is 5.29. The van der Waals surface area contributed by atoms with Crippen LogP contribution in [-0.2, 0) is 0 Å². The summed E-state index contributed by atoms with van der Waals surface area (Å²) >= 11 is 0. The maximum atomic E-state index is 3.83. The molecule has 0 radical (unpaired) electrons. The van der Waals surface area contributed by atoms with Gasteiger partial charge in [-0.25, -0.2) is 0 Å². The lowest BCUT2D eigenvalue weighted by atomic mass is 9.89. The van der Waals surface area contributed by atoms with Gasteiger partial charge in [0.2, 0.25) is 0 Å². The molecule has 0 aliphatic carbocycles. The summed E-state index contributed by atoms with van der Waals surface area (Å²) in [4.78, 5) is 2.48. The van der Waals surface area contributed by atoms with Crippen molar-refractivity contribution in [3.05, 3.63) is 0 Å². The van der Waals surface area contributed by atoms with Gasteiger partial charge in [0.05, 0.1) is 0 Å². The van der Waals surface area contributed by atoms with E-state index in [1.807, 2.05) is 0 Å². The fraction of sp³-hybridized carbons (Fsp3) is 1.00. The Morgan fingerprint density at radius 1 is 1.27 bits per heavy atom. The molecule has 2 nitrogen and oxygen atoms in total. The first-order valence-corrected chi connectivity index (χ1v) is 6.54. The minimum Gasteiger partial charge on any atom is -0.311 e. The van der Waals surface area contributed by atoms with Crippen molar-refractivity contribution in [2.75, 3.05) is 13.6 Å². The Morgan fingerprint density at radius 2 is 1.87 bits per heavy atom. The molecule has 3 unspecified atom stereocenters. The molecule has 1 fully saturated rings. The highest BCUT2D eigenvalue weighted by molar-refractivity contribution is 4.87. The second kappa shape index (κ2) is 5.86. The summed E-state index contributed by atoms with van der Waals surface area (Å²) in [5, 5.41) is 3.83.